The third kappa shape index (κ3) is 2.80. The van der Waals surface area contributed by atoms with E-state index in [9.17, 15) is 4.79 Å². The summed E-state index contributed by atoms with van der Waals surface area (Å²) in [5.74, 6) is -0.0315. The van der Waals surface area contributed by atoms with Crippen molar-refractivity contribution in [3.63, 3.8) is 0 Å². The molecule has 0 aliphatic carbocycles. The summed E-state index contributed by atoms with van der Waals surface area (Å²) in [5.41, 5.74) is 1.98. The highest BCUT2D eigenvalue weighted by atomic mass is 32.2. The fraction of sp³-hybridized carbons (Fsp3) is 0.125. The maximum absolute atomic E-state index is 12.6. The summed E-state index contributed by atoms with van der Waals surface area (Å²) in [6.07, 6.45) is 3.68. The van der Waals surface area contributed by atoms with Crippen LogP contribution in [0.3, 0.4) is 0 Å². The Kier molecular flexibility index (Phi) is 3.94. The van der Waals surface area contributed by atoms with Crippen molar-refractivity contribution in [3.8, 4) is 0 Å². The summed E-state index contributed by atoms with van der Waals surface area (Å²) in [6, 6.07) is 13.7. The molecule has 1 aliphatic heterocycles. The average Bonchev–Trinajstić information content (AvgIpc) is 3.09. The summed E-state index contributed by atoms with van der Waals surface area (Å²) >= 11 is 6.74. The molecule has 106 valence electrons. The van der Waals surface area contributed by atoms with Crippen LogP contribution in [-0.2, 0) is 4.79 Å². The van der Waals surface area contributed by atoms with Crippen LogP contribution in [0, 0.1) is 0 Å². The van der Waals surface area contributed by atoms with Crippen molar-refractivity contribution in [1.29, 1.82) is 0 Å². The van der Waals surface area contributed by atoms with Gasteiger partial charge in [-0.05, 0) is 30.7 Å². The minimum Gasteiger partial charge on any atom is -0.362 e. The SMILES string of the molecule is CC(c1ccccc1)N1C(=O)/C(=C/c2ccc[nH]2)SC1=S. The lowest BCUT2D eigenvalue weighted by molar-refractivity contribution is -0.123. The van der Waals surface area contributed by atoms with Crippen LogP contribution in [0.5, 0.6) is 0 Å². The second-order valence-corrected chi connectivity index (χ2v) is 6.44. The summed E-state index contributed by atoms with van der Waals surface area (Å²) in [5, 5.41) is 0. The van der Waals surface area contributed by atoms with E-state index in [0.717, 1.165) is 11.3 Å². The number of thiocarbonyl (C=S) groups is 1. The Balaban J connectivity index is 1.88. The van der Waals surface area contributed by atoms with E-state index in [1.54, 1.807) is 4.90 Å². The van der Waals surface area contributed by atoms with Gasteiger partial charge in [0.1, 0.15) is 4.32 Å². The number of rotatable bonds is 3. The van der Waals surface area contributed by atoms with E-state index < -0.39 is 0 Å². The molecule has 1 amide bonds. The first-order valence-electron chi connectivity index (χ1n) is 6.62. The van der Waals surface area contributed by atoms with E-state index in [0.29, 0.717) is 9.23 Å². The molecule has 21 heavy (non-hydrogen) atoms. The molecule has 1 fully saturated rings. The predicted molar refractivity (Wildman–Crippen MR) is 90.7 cm³/mol. The molecule has 1 unspecified atom stereocenters. The Morgan fingerprint density at radius 1 is 1.24 bits per heavy atom. The first-order chi connectivity index (χ1) is 10.2. The molecule has 1 aliphatic rings. The first-order valence-corrected chi connectivity index (χ1v) is 7.84. The van der Waals surface area contributed by atoms with Crippen LogP contribution in [0.15, 0.2) is 53.6 Å². The van der Waals surface area contributed by atoms with Gasteiger partial charge in [-0.2, -0.15) is 0 Å². The molecule has 1 aromatic carbocycles. The van der Waals surface area contributed by atoms with Gasteiger partial charge < -0.3 is 4.98 Å². The van der Waals surface area contributed by atoms with Crippen LogP contribution in [0.1, 0.15) is 24.2 Å². The lowest BCUT2D eigenvalue weighted by Gasteiger charge is -2.23. The lowest BCUT2D eigenvalue weighted by atomic mass is 10.1. The van der Waals surface area contributed by atoms with Crippen LogP contribution in [0.4, 0.5) is 0 Å². The molecule has 0 spiro atoms. The average molecular weight is 314 g/mol. The maximum Gasteiger partial charge on any atom is 0.266 e. The van der Waals surface area contributed by atoms with Crippen molar-refractivity contribution in [2.45, 2.75) is 13.0 Å². The Labute approximate surface area is 133 Å². The molecule has 0 saturated carbocycles. The lowest BCUT2D eigenvalue weighted by Crippen LogP contribution is -2.30. The minimum absolute atomic E-state index is 0.0315. The fourth-order valence-corrected chi connectivity index (χ4v) is 3.68. The van der Waals surface area contributed by atoms with Crippen molar-refractivity contribution in [1.82, 2.24) is 9.88 Å². The van der Waals surface area contributed by atoms with Gasteiger partial charge in [-0.15, -0.1) is 0 Å². The quantitative estimate of drug-likeness (QED) is 0.688. The maximum atomic E-state index is 12.6. The zero-order chi connectivity index (χ0) is 14.8. The number of benzene rings is 1. The number of hydrogen-bond acceptors (Lipinski definition) is 3. The Morgan fingerprint density at radius 3 is 2.67 bits per heavy atom. The van der Waals surface area contributed by atoms with Gasteiger partial charge in [-0.3, -0.25) is 9.69 Å². The van der Waals surface area contributed by atoms with E-state index in [4.69, 9.17) is 12.2 Å². The largest absolute Gasteiger partial charge is 0.362 e. The highest BCUT2D eigenvalue weighted by molar-refractivity contribution is 8.26. The standard InChI is InChI=1S/C16H14N2OS2/c1-11(12-6-3-2-4-7-12)18-15(19)14(21-16(18)20)10-13-8-5-9-17-13/h2-11,17H,1H3/b14-10-. The van der Waals surface area contributed by atoms with Crippen LogP contribution in [-0.4, -0.2) is 20.1 Å². The number of aromatic amines is 1. The number of carbonyl (C=O) groups excluding carboxylic acids is 1. The number of hydrogen-bond donors (Lipinski definition) is 1. The van der Waals surface area contributed by atoms with Gasteiger partial charge >= 0.3 is 0 Å². The molecule has 0 radical (unpaired) electrons. The number of H-pyrrole nitrogens is 1. The van der Waals surface area contributed by atoms with Crippen LogP contribution in [0.2, 0.25) is 0 Å². The van der Waals surface area contributed by atoms with E-state index in [2.05, 4.69) is 4.98 Å². The van der Waals surface area contributed by atoms with E-state index in [1.165, 1.54) is 11.8 Å². The van der Waals surface area contributed by atoms with Gasteiger partial charge in [0.05, 0.1) is 10.9 Å². The van der Waals surface area contributed by atoms with Gasteiger partial charge in [-0.1, -0.05) is 54.3 Å². The molecular formula is C16H14N2OS2. The van der Waals surface area contributed by atoms with Crippen molar-refractivity contribution in [2.75, 3.05) is 0 Å². The zero-order valence-corrected chi connectivity index (χ0v) is 13.1. The molecular weight excluding hydrogens is 300 g/mol. The minimum atomic E-state index is -0.0618. The van der Waals surface area contributed by atoms with Crippen LogP contribution in [0.25, 0.3) is 6.08 Å². The van der Waals surface area contributed by atoms with E-state index in [1.807, 2.05) is 61.7 Å². The van der Waals surface area contributed by atoms with Gasteiger partial charge in [-0.25, -0.2) is 0 Å². The molecule has 3 nitrogen and oxygen atoms in total. The van der Waals surface area contributed by atoms with Gasteiger partial charge in [0.25, 0.3) is 5.91 Å². The summed E-state index contributed by atoms with van der Waals surface area (Å²) < 4.78 is 0.606. The Hall–Kier alpha value is -1.85. The molecule has 2 heterocycles. The van der Waals surface area contributed by atoms with Crippen LogP contribution >= 0.6 is 24.0 Å². The van der Waals surface area contributed by atoms with E-state index in [-0.39, 0.29) is 11.9 Å². The van der Waals surface area contributed by atoms with Gasteiger partial charge in [0, 0.05) is 11.9 Å². The summed E-state index contributed by atoms with van der Waals surface area (Å²) in [4.78, 5) is 18.0. The number of amides is 1. The molecule has 0 bridgehead atoms. The van der Waals surface area contributed by atoms with Crippen LogP contribution < -0.4 is 0 Å². The number of nitrogens with one attached hydrogen (secondary N) is 1. The highest BCUT2D eigenvalue weighted by Crippen LogP contribution is 2.37. The number of carbonyl (C=O) groups is 1. The normalized spacial score (nSPS) is 18.5. The van der Waals surface area contributed by atoms with E-state index >= 15 is 0 Å². The molecule has 1 saturated heterocycles. The Bertz CT molecular complexity index is 692. The first kappa shape index (κ1) is 14.1. The summed E-state index contributed by atoms with van der Waals surface area (Å²) in [6.45, 7) is 2.00. The van der Waals surface area contributed by atoms with Crippen molar-refractivity contribution in [2.24, 2.45) is 0 Å². The fourth-order valence-electron chi connectivity index (χ4n) is 2.27. The van der Waals surface area contributed by atoms with Crippen molar-refractivity contribution < 1.29 is 4.79 Å². The van der Waals surface area contributed by atoms with Crippen molar-refractivity contribution >= 4 is 40.3 Å². The molecule has 1 aromatic heterocycles. The topological polar surface area (TPSA) is 36.1 Å². The van der Waals surface area contributed by atoms with Gasteiger partial charge in [0.15, 0.2) is 0 Å². The molecule has 3 rings (SSSR count). The third-order valence-electron chi connectivity index (χ3n) is 3.40. The number of aromatic nitrogens is 1. The molecule has 2 aromatic rings. The Morgan fingerprint density at radius 2 is 2.00 bits per heavy atom. The van der Waals surface area contributed by atoms with Gasteiger partial charge in [0.2, 0.25) is 0 Å². The number of thioether (sulfide) groups is 1. The molecule has 1 N–H and O–H groups in total. The predicted octanol–water partition coefficient (Wildman–Crippen LogP) is 3.98. The highest BCUT2D eigenvalue weighted by Gasteiger charge is 2.35. The summed E-state index contributed by atoms with van der Waals surface area (Å²) in [7, 11) is 0. The molecule has 5 heteroatoms. The second kappa shape index (κ2) is 5.87. The zero-order valence-electron chi connectivity index (χ0n) is 11.4. The second-order valence-electron chi connectivity index (χ2n) is 4.76. The van der Waals surface area contributed by atoms with Crippen molar-refractivity contribution in [3.05, 3.63) is 64.8 Å². The third-order valence-corrected chi connectivity index (χ3v) is 4.73. The monoisotopic (exact) mass is 314 g/mol. The number of nitrogens with zero attached hydrogens (tertiary/aromatic N) is 1. The molecule has 1 atom stereocenters. The smallest absolute Gasteiger partial charge is 0.266 e.